The fraction of sp³-hybridized carbons (Fsp3) is 0.857. The number of nitrogens with zero attached hydrogens (tertiary/aromatic N) is 3. The number of rotatable bonds is 1. The van der Waals surface area contributed by atoms with Crippen molar-refractivity contribution in [1.29, 1.82) is 0 Å². The highest BCUT2D eigenvalue weighted by Gasteiger charge is 2.60. The Balaban J connectivity index is 1.83. The van der Waals surface area contributed by atoms with Gasteiger partial charge < -0.3 is 4.57 Å². The molecule has 3 nitrogen and oxygen atoms in total. The molecule has 4 fully saturated rings. The summed E-state index contributed by atoms with van der Waals surface area (Å²) in [5.74, 6) is 0.934. The fourth-order valence-corrected chi connectivity index (χ4v) is 6.12. The number of hydrogen-bond acceptors (Lipinski definition) is 2. The lowest BCUT2D eigenvalue weighted by Gasteiger charge is -2.65. The first-order chi connectivity index (χ1) is 8.01. The van der Waals surface area contributed by atoms with Gasteiger partial charge in [0.2, 0.25) is 0 Å². The van der Waals surface area contributed by atoms with Crippen molar-refractivity contribution in [3.63, 3.8) is 0 Å². The summed E-state index contributed by atoms with van der Waals surface area (Å²) in [5, 5.41) is 8.08. The third-order valence-corrected chi connectivity index (χ3v) is 5.56. The van der Waals surface area contributed by atoms with Crippen LogP contribution in [0.3, 0.4) is 0 Å². The van der Waals surface area contributed by atoms with E-state index in [4.69, 9.17) is 0 Å². The molecule has 4 bridgehead atoms. The summed E-state index contributed by atoms with van der Waals surface area (Å²) in [7, 11) is 0. The minimum atomic E-state index is 0.340. The van der Waals surface area contributed by atoms with Crippen LogP contribution in [-0.4, -0.2) is 14.8 Å². The van der Waals surface area contributed by atoms with E-state index in [1.807, 2.05) is 12.7 Å². The molecule has 0 aromatic carbocycles. The molecule has 4 aliphatic carbocycles. The Labute approximate surface area is 103 Å². The Bertz CT molecular complexity index is 432. The third-order valence-electron chi connectivity index (χ3n) is 5.56. The summed E-state index contributed by atoms with van der Waals surface area (Å²) in [6, 6.07) is 0. The van der Waals surface area contributed by atoms with E-state index in [1.54, 1.807) is 0 Å². The summed E-state index contributed by atoms with van der Waals surface area (Å²) in [5.41, 5.74) is 1.48. The highest BCUT2D eigenvalue weighted by Crippen LogP contribution is 2.68. The van der Waals surface area contributed by atoms with Gasteiger partial charge in [-0.15, -0.1) is 10.2 Å². The van der Waals surface area contributed by atoms with E-state index in [1.165, 1.54) is 38.5 Å². The molecule has 0 aliphatic heterocycles. The molecule has 2 atom stereocenters. The van der Waals surface area contributed by atoms with E-state index in [9.17, 15) is 0 Å². The standard InChI is InChI=1S/C14H21N3/c1-12-3-11-4-13(2,6-12)8-14(5-11,7-12)17-9-15-16-10-17/h9-11H,3-8H2,1-2H3/t11?,12-,13-,14?/m1/s1. The van der Waals surface area contributed by atoms with Crippen molar-refractivity contribution < 1.29 is 0 Å². The molecule has 0 radical (unpaired) electrons. The van der Waals surface area contributed by atoms with Crippen LogP contribution in [0.15, 0.2) is 12.7 Å². The minimum absolute atomic E-state index is 0.340. The molecule has 0 N–H and O–H groups in total. The van der Waals surface area contributed by atoms with Gasteiger partial charge in [0.25, 0.3) is 0 Å². The van der Waals surface area contributed by atoms with Crippen LogP contribution in [0.25, 0.3) is 0 Å². The molecule has 92 valence electrons. The van der Waals surface area contributed by atoms with Crippen molar-refractivity contribution in [3.8, 4) is 0 Å². The molecule has 1 heterocycles. The molecule has 5 rings (SSSR count). The molecule has 1 aromatic rings. The van der Waals surface area contributed by atoms with Crippen LogP contribution in [0.2, 0.25) is 0 Å². The van der Waals surface area contributed by atoms with Crippen LogP contribution in [0.4, 0.5) is 0 Å². The third kappa shape index (κ3) is 1.28. The lowest BCUT2D eigenvalue weighted by atomic mass is 9.42. The van der Waals surface area contributed by atoms with E-state index >= 15 is 0 Å². The van der Waals surface area contributed by atoms with Crippen molar-refractivity contribution in [3.05, 3.63) is 12.7 Å². The van der Waals surface area contributed by atoms with E-state index in [2.05, 4.69) is 28.6 Å². The first kappa shape index (κ1) is 10.1. The van der Waals surface area contributed by atoms with Crippen molar-refractivity contribution in [2.75, 3.05) is 0 Å². The Morgan fingerprint density at radius 2 is 1.53 bits per heavy atom. The lowest BCUT2D eigenvalue weighted by Crippen LogP contribution is -2.58. The van der Waals surface area contributed by atoms with Gasteiger partial charge >= 0.3 is 0 Å². The average Bonchev–Trinajstić information content (AvgIpc) is 2.63. The molecule has 3 heteroatoms. The van der Waals surface area contributed by atoms with Gasteiger partial charge in [0.05, 0.1) is 0 Å². The largest absolute Gasteiger partial charge is 0.314 e. The number of hydrogen-bond donors (Lipinski definition) is 0. The molecule has 1 aromatic heterocycles. The molecular formula is C14H21N3. The van der Waals surface area contributed by atoms with Gasteiger partial charge in [-0.3, -0.25) is 0 Å². The molecule has 0 saturated heterocycles. The summed E-state index contributed by atoms with van der Waals surface area (Å²) in [4.78, 5) is 0. The predicted molar refractivity (Wildman–Crippen MR) is 65.4 cm³/mol. The molecule has 4 saturated carbocycles. The first-order valence-corrected chi connectivity index (χ1v) is 6.86. The zero-order valence-electron chi connectivity index (χ0n) is 10.8. The number of aromatic nitrogens is 3. The second kappa shape index (κ2) is 2.76. The van der Waals surface area contributed by atoms with Gasteiger partial charge in [0.15, 0.2) is 0 Å². The van der Waals surface area contributed by atoms with Crippen molar-refractivity contribution in [2.24, 2.45) is 16.7 Å². The van der Waals surface area contributed by atoms with Crippen LogP contribution in [0, 0.1) is 16.7 Å². The van der Waals surface area contributed by atoms with E-state index in [0.29, 0.717) is 16.4 Å². The second-order valence-electron chi connectivity index (χ2n) is 7.72. The van der Waals surface area contributed by atoms with Crippen LogP contribution < -0.4 is 0 Å². The zero-order chi connectivity index (χ0) is 11.7. The van der Waals surface area contributed by atoms with Gasteiger partial charge in [-0.25, -0.2) is 0 Å². The molecular weight excluding hydrogens is 210 g/mol. The summed E-state index contributed by atoms with van der Waals surface area (Å²) in [6.07, 6.45) is 12.3. The van der Waals surface area contributed by atoms with E-state index in [-0.39, 0.29) is 0 Å². The zero-order valence-corrected chi connectivity index (χ0v) is 10.8. The minimum Gasteiger partial charge on any atom is -0.314 e. The van der Waals surface area contributed by atoms with Gasteiger partial charge in [-0.05, 0) is 55.3 Å². The Morgan fingerprint density at radius 1 is 0.941 bits per heavy atom. The molecule has 4 aliphatic rings. The van der Waals surface area contributed by atoms with Crippen LogP contribution in [-0.2, 0) is 5.54 Å². The van der Waals surface area contributed by atoms with Gasteiger partial charge in [-0.2, -0.15) is 0 Å². The Hall–Kier alpha value is -0.860. The molecule has 0 unspecified atom stereocenters. The summed E-state index contributed by atoms with van der Waals surface area (Å²) in [6.45, 7) is 5.02. The van der Waals surface area contributed by atoms with Gasteiger partial charge in [0, 0.05) is 5.54 Å². The highest BCUT2D eigenvalue weighted by atomic mass is 15.3. The van der Waals surface area contributed by atoms with Crippen molar-refractivity contribution >= 4 is 0 Å². The highest BCUT2D eigenvalue weighted by molar-refractivity contribution is 5.13. The van der Waals surface area contributed by atoms with Crippen LogP contribution >= 0.6 is 0 Å². The maximum absolute atomic E-state index is 4.04. The Kier molecular flexibility index (Phi) is 1.64. The SMILES string of the molecule is C[C@]12CC3CC(n4cnnc4)(C1)C[C@](C)(C3)C2. The maximum Gasteiger partial charge on any atom is 0.119 e. The van der Waals surface area contributed by atoms with E-state index < -0.39 is 0 Å². The quantitative estimate of drug-likeness (QED) is 0.744. The van der Waals surface area contributed by atoms with Crippen LogP contribution in [0.5, 0.6) is 0 Å². The van der Waals surface area contributed by atoms with Gasteiger partial charge in [-0.1, -0.05) is 13.8 Å². The molecule has 0 spiro atoms. The average molecular weight is 231 g/mol. The lowest BCUT2D eigenvalue weighted by molar-refractivity contribution is -0.136. The van der Waals surface area contributed by atoms with Gasteiger partial charge in [0.1, 0.15) is 12.7 Å². The maximum atomic E-state index is 4.04. The normalized spacial score (nSPS) is 52.0. The summed E-state index contributed by atoms with van der Waals surface area (Å²) < 4.78 is 2.33. The van der Waals surface area contributed by atoms with E-state index in [0.717, 1.165) is 5.92 Å². The summed E-state index contributed by atoms with van der Waals surface area (Å²) >= 11 is 0. The Morgan fingerprint density at radius 3 is 2.06 bits per heavy atom. The molecule has 17 heavy (non-hydrogen) atoms. The second-order valence-corrected chi connectivity index (χ2v) is 7.72. The smallest absolute Gasteiger partial charge is 0.119 e. The van der Waals surface area contributed by atoms with Crippen LogP contribution in [0.1, 0.15) is 52.4 Å². The predicted octanol–water partition coefficient (Wildman–Crippen LogP) is 2.98. The van der Waals surface area contributed by atoms with Crippen molar-refractivity contribution in [2.45, 2.75) is 57.9 Å². The fourth-order valence-electron chi connectivity index (χ4n) is 6.12. The monoisotopic (exact) mass is 231 g/mol. The first-order valence-electron chi connectivity index (χ1n) is 6.86. The molecule has 0 amide bonds. The topological polar surface area (TPSA) is 30.7 Å². The van der Waals surface area contributed by atoms with Crippen molar-refractivity contribution in [1.82, 2.24) is 14.8 Å².